The SMILES string of the molecule is Cc1cc2c(cc1C)COP(=O)(Oc1ccccc1C)OC2. The van der Waals surface area contributed by atoms with Crippen LogP contribution in [0.4, 0.5) is 0 Å². The van der Waals surface area contributed by atoms with Crippen LogP contribution in [0.3, 0.4) is 0 Å². The molecule has 22 heavy (non-hydrogen) atoms. The molecule has 3 rings (SSSR count). The number of aryl methyl sites for hydroxylation is 3. The zero-order valence-electron chi connectivity index (χ0n) is 13.0. The molecule has 2 aromatic rings. The maximum absolute atomic E-state index is 12.7. The second-order valence-electron chi connectivity index (χ2n) is 5.56. The molecule has 0 saturated carbocycles. The first-order valence-corrected chi connectivity index (χ1v) is 8.66. The minimum Gasteiger partial charge on any atom is -0.404 e. The number of benzene rings is 2. The van der Waals surface area contributed by atoms with Crippen LogP contribution >= 0.6 is 7.82 Å². The summed E-state index contributed by atoms with van der Waals surface area (Å²) >= 11 is 0. The summed E-state index contributed by atoms with van der Waals surface area (Å²) in [6, 6.07) is 11.5. The molecular weight excluding hydrogens is 299 g/mol. The molecule has 116 valence electrons. The van der Waals surface area contributed by atoms with Crippen molar-refractivity contribution in [3.63, 3.8) is 0 Å². The van der Waals surface area contributed by atoms with Crippen molar-refractivity contribution in [1.82, 2.24) is 0 Å². The summed E-state index contributed by atoms with van der Waals surface area (Å²) in [7, 11) is -3.62. The predicted molar refractivity (Wildman–Crippen MR) is 84.9 cm³/mol. The molecule has 1 aliphatic heterocycles. The largest absolute Gasteiger partial charge is 0.530 e. The Morgan fingerprint density at radius 1 is 0.909 bits per heavy atom. The van der Waals surface area contributed by atoms with E-state index in [-0.39, 0.29) is 13.2 Å². The third-order valence-electron chi connectivity index (χ3n) is 3.88. The second kappa shape index (κ2) is 5.88. The standard InChI is InChI=1S/C17H19O4P/c1-12-6-4-5-7-17(12)21-22(18)19-10-15-8-13(2)14(3)9-16(15)11-20-22/h4-9H,10-11H2,1-3H3. The zero-order chi connectivity index (χ0) is 15.7. The highest BCUT2D eigenvalue weighted by molar-refractivity contribution is 7.48. The number of para-hydroxylation sites is 1. The van der Waals surface area contributed by atoms with Gasteiger partial charge in [-0.15, -0.1) is 0 Å². The molecule has 5 heteroatoms. The third kappa shape index (κ3) is 3.09. The van der Waals surface area contributed by atoms with Crippen LogP contribution in [0.25, 0.3) is 0 Å². The molecule has 0 fully saturated rings. The zero-order valence-corrected chi connectivity index (χ0v) is 13.9. The number of phosphoric ester groups is 1. The number of hydrogen-bond donors (Lipinski definition) is 0. The number of fused-ring (bicyclic) bond motifs is 1. The van der Waals surface area contributed by atoms with E-state index in [0.717, 1.165) is 16.7 Å². The molecule has 0 atom stereocenters. The quantitative estimate of drug-likeness (QED) is 0.743. The van der Waals surface area contributed by atoms with Crippen LogP contribution < -0.4 is 4.52 Å². The Morgan fingerprint density at radius 2 is 1.45 bits per heavy atom. The number of phosphoric acid groups is 1. The van der Waals surface area contributed by atoms with Crippen molar-refractivity contribution < 1.29 is 18.1 Å². The highest BCUT2D eigenvalue weighted by Gasteiger charge is 2.32. The van der Waals surface area contributed by atoms with Gasteiger partial charge >= 0.3 is 7.82 Å². The predicted octanol–water partition coefficient (Wildman–Crippen LogP) is 4.85. The lowest BCUT2D eigenvalue weighted by Crippen LogP contribution is -2.00. The van der Waals surface area contributed by atoms with E-state index in [1.807, 2.05) is 39.0 Å². The van der Waals surface area contributed by atoms with Gasteiger partial charge in [0.05, 0.1) is 13.2 Å². The average molecular weight is 318 g/mol. The fourth-order valence-electron chi connectivity index (χ4n) is 2.37. The molecule has 0 unspecified atom stereocenters. The fourth-order valence-corrected chi connectivity index (χ4v) is 3.59. The minimum atomic E-state index is -3.62. The van der Waals surface area contributed by atoms with Crippen LogP contribution in [0.15, 0.2) is 36.4 Å². The van der Waals surface area contributed by atoms with E-state index < -0.39 is 7.82 Å². The van der Waals surface area contributed by atoms with E-state index >= 15 is 0 Å². The summed E-state index contributed by atoms with van der Waals surface area (Å²) in [5.74, 6) is 0.518. The normalized spacial score (nSPS) is 16.7. The Hall–Kier alpha value is -1.61. The Labute approximate surface area is 130 Å². The smallest absolute Gasteiger partial charge is 0.404 e. The van der Waals surface area contributed by atoms with E-state index in [9.17, 15) is 4.57 Å². The van der Waals surface area contributed by atoms with Crippen LogP contribution in [0, 0.1) is 20.8 Å². The first-order chi connectivity index (χ1) is 10.5. The average Bonchev–Trinajstić information content (AvgIpc) is 2.63. The molecule has 0 N–H and O–H groups in total. The lowest BCUT2D eigenvalue weighted by Gasteiger charge is -2.16. The van der Waals surface area contributed by atoms with Crippen molar-refractivity contribution in [2.75, 3.05) is 0 Å². The van der Waals surface area contributed by atoms with Crippen molar-refractivity contribution in [1.29, 1.82) is 0 Å². The minimum absolute atomic E-state index is 0.222. The van der Waals surface area contributed by atoms with Gasteiger partial charge in [-0.05, 0) is 54.7 Å². The van der Waals surface area contributed by atoms with E-state index in [1.165, 1.54) is 11.1 Å². The summed E-state index contributed by atoms with van der Waals surface area (Å²) in [6.45, 7) is 6.43. The molecule has 1 heterocycles. The van der Waals surface area contributed by atoms with Crippen LogP contribution in [-0.2, 0) is 26.8 Å². The summed E-state index contributed by atoms with van der Waals surface area (Å²) in [5.41, 5.74) is 5.24. The molecule has 0 aliphatic carbocycles. The van der Waals surface area contributed by atoms with Gasteiger partial charge in [-0.3, -0.25) is 9.05 Å². The molecule has 2 aromatic carbocycles. The topological polar surface area (TPSA) is 44.8 Å². The van der Waals surface area contributed by atoms with Gasteiger partial charge in [0.1, 0.15) is 5.75 Å². The Balaban J connectivity index is 1.84. The first-order valence-electron chi connectivity index (χ1n) is 7.20. The highest BCUT2D eigenvalue weighted by Crippen LogP contribution is 2.53. The molecule has 0 saturated heterocycles. The number of rotatable bonds is 2. The molecule has 0 aromatic heterocycles. The van der Waals surface area contributed by atoms with Gasteiger partial charge in [0.15, 0.2) is 0 Å². The Morgan fingerprint density at radius 3 is 2.00 bits per heavy atom. The van der Waals surface area contributed by atoms with Gasteiger partial charge in [0, 0.05) is 0 Å². The van der Waals surface area contributed by atoms with Crippen LogP contribution in [0.1, 0.15) is 27.8 Å². The second-order valence-corrected chi connectivity index (χ2v) is 7.15. The highest BCUT2D eigenvalue weighted by atomic mass is 31.2. The monoisotopic (exact) mass is 318 g/mol. The van der Waals surface area contributed by atoms with E-state index in [2.05, 4.69) is 12.1 Å². The van der Waals surface area contributed by atoms with Crippen molar-refractivity contribution in [2.24, 2.45) is 0 Å². The van der Waals surface area contributed by atoms with Gasteiger partial charge in [0.2, 0.25) is 0 Å². The van der Waals surface area contributed by atoms with Gasteiger partial charge in [-0.1, -0.05) is 30.3 Å². The van der Waals surface area contributed by atoms with Gasteiger partial charge in [-0.25, -0.2) is 4.57 Å². The van der Waals surface area contributed by atoms with Crippen molar-refractivity contribution in [3.05, 3.63) is 64.2 Å². The third-order valence-corrected chi connectivity index (χ3v) is 5.19. The first kappa shape index (κ1) is 15.3. The van der Waals surface area contributed by atoms with Crippen molar-refractivity contribution in [3.8, 4) is 5.75 Å². The summed E-state index contributed by atoms with van der Waals surface area (Å²) < 4.78 is 29.3. The van der Waals surface area contributed by atoms with E-state index in [0.29, 0.717) is 5.75 Å². The summed E-state index contributed by atoms with van der Waals surface area (Å²) in [4.78, 5) is 0. The van der Waals surface area contributed by atoms with E-state index in [1.54, 1.807) is 6.07 Å². The molecule has 0 bridgehead atoms. The summed E-state index contributed by atoms with van der Waals surface area (Å²) in [5, 5.41) is 0. The Bertz CT molecular complexity index is 717. The Kier molecular flexibility index (Phi) is 4.09. The lowest BCUT2D eigenvalue weighted by atomic mass is 10.0. The molecule has 1 aliphatic rings. The summed E-state index contributed by atoms with van der Waals surface area (Å²) in [6.07, 6.45) is 0. The fraction of sp³-hybridized carbons (Fsp3) is 0.294. The van der Waals surface area contributed by atoms with Gasteiger partial charge in [0.25, 0.3) is 0 Å². The van der Waals surface area contributed by atoms with Gasteiger partial charge < -0.3 is 4.52 Å². The molecule has 0 radical (unpaired) electrons. The molecule has 4 nitrogen and oxygen atoms in total. The molecule has 0 spiro atoms. The van der Waals surface area contributed by atoms with Crippen molar-refractivity contribution >= 4 is 7.82 Å². The lowest BCUT2D eigenvalue weighted by molar-refractivity contribution is 0.155. The van der Waals surface area contributed by atoms with Crippen LogP contribution in [0.5, 0.6) is 5.75 Å². The van der Waals surface area contributed by atoms with Gasteiger partial charge in [-0.2, -0.15) is 0 Å². The van der Waals surface area contributed by atoms with Crippen LogP contribution in [0.2, 0.25) is 0 Å². The number of hydrogen-bond acceptors (Lipinski definition) is 4. The maximum Gasteiger partial charge on any atom is 0.530 e. The van der Waals surface area contributed by atoms with Crippen molar-refractivity contribution in [2.45, 2.75) is 34.0 Å². The molecular formula is C17H19O4P. The van der Waals surface area contributed by atoms with Crippen LogP contribution in [-0.4, -0.2) is 0 Å². The molecule has 0 amide bonds. The maximum atomic E-state index is 12.7. The van der Waals surface area contributed by atoms with E-state index in [4.69, 9.17) is 13.6 Å².